The molecule has 2 rings (SSSR count). The van der Waals surface area contributed by atoms with Crippen LogP contribution in [-0.2, 0) is 4.79 Å². The molecule has 1 aromatic carbocycles. The minimum Gasteiger partial charge on any atom is -0.497 e. The van der Waals surface area contributed by atoms with Crippen LogP contribution >= 0.6 is 0 Å². The van der Waals surface area contributed by atoms with Crippen molar-refractivity contribution in [2.45, 2.75) is 13.3 Å². The number of ether oxygens (including phenoxy) is 2. The number of carbonyl (C=O) groups is 1. The van der Waals surface area contributed by atoms with E-state index in [4.69, 9.17) is 9.47 Å². The lowest BCUT2D eigenvalue weighted by Gasteiger charge is -2.12. The maximum absolute atomic E-state index is 11.3. The Balaban J connectivity index is 2.15. The number of aromatic nitrogens is 2. The highest BCUT2D eigenvalue weighted by atomic mass is 16.5. The minimum absolute atomic E-state index is 0.107. The van der Waals surface area contributed by atoms with Gasteiger partial charge >= 0.3 is 0 Å². The van der Waals surface area contributed by atoms with Crippen molar-refractivity contribution < 1.29 is 14.3 Å². The van der Waals surface area contributed by atoms with E-state index in [1.807, 2.05) is 0 Å². The number of nitrogens with zero attached hydrogens (tertiary/aromatic N) is 2. The van der Waals surface area contributed by atoms with Crippen molar-refractivity contribution in [1.29, 1.82) is 0 Å². The Labute approximate surface area is 128 Å². The smallest absolute Gasteiger partial charge is 0.225 e. The summed E-state index contributed by atoms with van der Waals surface area (Å²) >= 11 is 0. The van der Waals surface area contributed by atoms with Crippen LogP contribution in [-0.4, -0.2) is 30.3 Å². The predicted octanol–water partition coefficient (Wildman–Crippen LogP) is 2.59. The molecule has 0 unspecified atom stereocenters. The van der Waals surface area contributed by atoms with Crippen molar-refractivity contribution in [3.05, 3.63) is 30.3 Å². The standard InChI is InChI=1S/C15H18N4O3/c1-4-15(20)17-14-8-7-13(18-19-14)16-11-9-10(21-2)5-6-12(11)22-3/h5-9H,4H2,1-3H3,(H,16,18)(H,17,19,20). The van der Waals surface area contributed by atoms with E-state index in [1.165, 1.54) is 0 Å². The number of nitrogens with one attached hydrogen (secondary N) is 2. The van der Waals surface area contributed by atoms with Gasteiger partial charge in [0.05, 0.1) is 19.9 Å². The van der Waals surface area contributed by atoms with Crippen molar-refractivity contribution >= 4 is 23.2 Å². The summed E-state index contributed by atoms with van der Waals surface area (Å²) in [4.78, 5) is 11.3. The van der Waals surface area contributed by atoms with Crippen molar-refractivity contribution in [3.63, 3.8) is 0 Å². The third-order valence-corrected chi connectivity index (χ3v) is 2.92. The molecule has 0 atom stereocenters. The molecule has 0 saturated heterocycles. The molecule has 0 bridgehead atoms. The zero-order chi connectivity index (χ0) is 15.9. The second kappa shape index (κ2) is 7.26. The summed E-state index contributed by atoms with van der Waals surface area (Å²) in [6.07, 6.45) is 0.392. The number of carbonyl (C=O) groups excluding carboxylic acids is 1. The highest BCUT2D eigenvalue weighted by Gasteiger charge is 2.07. The molecule has 7 heteroatoms. The second-order valence-electron chi connectivity index (χ2n) is 4.40. The summed E-state index contributed by atoms with van der Waals surface area (Å²) in [7, 11) is 3.18. The summed E-state index contributed by atoms with van der Waals surface area (Å²) in [5.74, 6) is 2.19. The van der Waals surface area contributed by atoms with Gasteiger partial charge in [-0.3, -0.25) is 4.79 Å². The molecule has 116 valence electrons. The van der Waals surface area contributed by atoms with E-state index in [-0.39, 0.29) is 5.91 Å². The van der Waals surface area contributed by atoms with E-state index < -0.39 is 0 Å². The van der Waals surface area contributed by atoms with Gasteiger partial charge in [-0.05, 0) is 24.3 Å². The van der Waals surface area contributed by atoms with Gasteiger partial charge in [-0.15, -0.1) is 10.2 Å². The summed E-state index contributed by atoms with van der Waals surface area (Å²) in [6.45, 7) is 1.77. The zero-order valence-electron chi connectivity index (χ0n) is 12.7. The Bertz CT molecular complexity index is 644. The monoisotopic (exact) mass is 302 g/mol. The second-order valence-corrected chi connectivity index (χ2v) is 4.40. The molecule has 22 heavy (non-hydrogen) atoms. The number of amides is 1. The number of methoxy groups -OCH3 is 2. The maximum Gasteiger partial charge on any atom is 0.225 e. The van der Waals surface area contributed by atoms with Crippen LogP contribution in [0.15, 0.2) is 30.3 Å². The molecule has 0 spiro atoms. The fourth-order valence-corrected chi connectivity index (χ4v) is 1.75. The van der Waals surface area contributed by atoms with E-state index in [2.05, 4.69) is 20.8 Å². The van der Waals surface area contributed by atoms with Crippen LogP contribution in [0.5, 0.6) is 11.5 Å². The number of benzene rings is 1. The van der Waals surface area contributed by atoms with E-state index >= 15 is 0 Å². The summed E-state index contributed by atoms with van der Waals surface area (Å²) in [5.41, 5.74) is 0.710. The van der Waals surface area contributed by atoms with E-state index in [9.17, 15) is 4.79 Å². The molecule has 0 radical (unpaired) electrons. The molecule has 1 heterocycles. The van der Waals surface area contributed by atoms with Gasteiger partial charge in [0, 0.05) is 12.5 Å². The Hall–Kier alpha value is -2.83. The lowest BCUT2D eigenvalue weighted by molar-refractivity contribution is -0.115. The quantitative estimate of drug-likeness (QED) is 0.853. The lowest BCUT2D eigenvalue weighted by atomic mass is 10.2. The lowest BCUT2D eigenvalue weighted by Crippen LogP contribution is -2.11. The minimum atomic E-state index is -0.107. The van der Waals surface area contributed by atoms with Gasteiger partial charge in [0.2, 0.25) is 5.91 Å². The van der Waals surface area contributed by atoms with E-state index in [0.717, 1.165) is 0 Å². The first-order valence-electron chi connectivity index (χ1n) is 6.79. The van der Waals surface area contributed by atoms with Crippen molar-refractivity contribution in [2.24, 2.45) is 0 Å². The first-order chi connectivity index (χ1) is 10.7. The molecule has 0 aliphatic carbocycles. The number of rotatable bonds is 6. The highest BCUT2D eigenvalue weighted by molar-refractivity contribution is 5.89. The number of anilines is 3. The number of hydrogen-bond acceptors (Lipinski definition) is 6. The van der Waals surface area contributed by atoms with E-state index in [0.29, 0.717) is 35.2 Å². The highest BCUT2D eigenvalue weighted by Crippen LogP contribution is 2.30. The van der Waals surface area contributed by atoms with Crippen LogP contribution in [0.3, 0.4) is 0 Å². The zero-order valence-corrected chi connectivity index (χ0v) is 12.7. The fourth-order valence-electron chi connectivity index (χ4n) is 1.75. The molecule has 0 aliphatic heterocycles. The van der Waals surface area contributed by atoms with Gasteiger partial charge in [-0.25, -0.2) is 0 Å². The van der Waals surface area contributed by atoms with Crippen LogP contribution in [0.4, 0.5) is 17.3 Å². The fraction of sp³-hybridized carbons (Fsp3) is 0.267. The summed E-state index contributed by atoms with van der Waals surface area (Å²) in [6, 6.07) is 8.80. The van der Waals surface area contributed by atoms with Crippen LogP contribution < -0.4 is 20.1 Å². The molecular weight excluding hydrogens is 284 g/mol. The van der Waals surface area contributed by atoms with Gasteiger partial charge in [-0.2, -0.15) is 0 Å². The molecule has 0 saturated carbocycles. The molecule has 1 aromatic heterocycles. The largest absolute Gasteiger partial charge is 0.497 e. The molecule has 2 aromatic rings. The third kappa shape index (κ3) is 3.85. The first kappa shape index (κ1) is 15.6. The molecule has 2 N–H and O–H groups in total. The van der Waals surface area contributed by atoms with Crippen LogP contribution in [0.1, 0.15) is 13.3 Å². The average molecular weight is 302 g/mol. The van der Waals surface area contributed by atoms with Crippen LogP contribution in [0, 0.1) is 0 Å². The normalized spacial score (nSPS) is 9.95. The Morgan fingerprint density at radius 2 is 1.82 bits per heavy atom. The maximum atomic E-state index is 11.3. The van der Waals surface area contributed by atoms with Gasteiger partial charge in [0.25, 0.3) is 0 Å². The Morgan fingerprint density at radius 1 is 1.09 bits per heavy atom. The van der Waals surface area contributed by atoms with Gasteiger partial charge in [-0.1, -0.05) is 6.92 Å². The van der Waals surface area contributed by atoms with Crippen molar-refractivity contribution in [1.82, 2.24) is 10.2 Å². The summed E-state index contributed by atoms with van der Waals surface area (Å²) < 4.78 is 10.5. The first-order valence-corrected chi connectivity index (χ1v) is 6.79. The molecule has 0 aliphatic rings. The summed E-state index contributed by atoms with van der Waals surface area (Å²) in [5, 5.41) is 13.7. The van der Waals surface area contributed by atoms with E-state index in [1.54, 1.807) is 51.5 Å². The van der Waals surface area contributed by atoms with Crippen molar-refractivity contribution in [3.8, 4) is 11.5 Å². The molecule has 0 fully saturated rings. The Morgan fingerprint density at radius 3 is 2.41 bits per heavy atom. The van der Waals surface area contributed by atoms with Gasteiger partial charge < -0.3 is 20.1 Å². The molecule has 7 nitrogen and oxygen atoms in total. The average Bonchev–Trinajstić information content (AvgIpc) is 2.56. The topological polar surface area (TPSA) is 85.4 Å². The van der Waals surface area contributed by atoms with Gasteiger partial charge in [0.1, 0.15) is 11.5 Å². The van der Waals surface area contributed by atoms with Gasteiger partial charge in [0.15, 0.2) is 11.6 Å². The molecular formula is C15H18N4O3. The Kier molecular flexibility index (Phi) is 5.13. The number of hydrogen-bond donors (Lipinski definition) is 2. The van der Waals surface area contributed by atoms with Crippen LogP contribution in [0.2, 0.25) is 0 Å². The van der Waals surface area contributed by atoms with Crippen molar-refractivity contribution in [2.75, 3.05) is 24.9 Å². The molecule has 1 amide bonds. The SMILES string of the molecule is CCC(=O)Nc1ccc(Nc2cc(OC)ccc2OC)nn1. The van der Waals surface area contributed by atoms with Crippen LogP contribution in [0.25, 0.3) is 0 Å². The predicted molar refractivity (Wildman–Crippen MR) is 83.8 cm³/mol. The third-order valence-electron chi connectivity index (χ3n) is 2.92.